The van der Waals surface area contributed by atoms with Gasteiger partial charge in [0.2, 0.25) is 0 Å². The molecule has 0 aliphatic carbocycles. The summed E-state index contributed by atoms with van der Waals surface area (Å²) >= 11 is 0. The Labute approximate surface area is 146 Å². The van der Waals surface area contributed by atoms with Crippen LogP contribution in [0.15, 0.2) is 42.7 Å². The van der Waals surface area contributed by atoms with Crippen molar-refractivity contribution in [3.8, 4) is 5.75 Å². The van der Waals surface area contributed by atoms with Gasteiger partial charge in [0, 0.05) is 24.5 Å². The summed E-state index contributed by atoms with van der Waals surface area (Å²) in [6, 6.07) is 8.84. The predicted molar refractivity (Wildman–Crippen MR) is 92.0 cm³/mol. The van der Waals surface area contributed by atoms with Gasteiger partial charge < -0.3 is 15.4 Å². The fourth-order valence-corrected chi connectivity index (χ4v) is 3.10. The summed E-state index contributed by atoms with van der Waals surface area (Å²) in [7, 11) is 0. The highest BCUT2D eigenvalue weighted by Gasteiger charge is 2.27. The predicted octanol–water partition coefficient (Wildman–Crippen LogP) is 1.44. The van der Waals surface area contributed by atoms with Crippen LogP contribution in [0.5, 0.6) is 5.75 Å². The van der Waals surface area contributed by atoms with E-state index in [2.05, 4.69) is 5.10 Å². The third-order valence-corrected chi connectivity index (χ3v) is 4.33. The molecule has 0 spiro atoms. The molecule has 1 aliphatic heterocycles. The van der Waals surface area contributed by atoms with Crippen molar-refractivity contribution in [1.29, 1.82) is 0 Å². The molecular formula is C18H22N4O3. The van der Waals surface area contributed by atoms with Crippen LogP contribution in [0.1, 0.15) is 29.6 Å². The number of hydrogen-bond acceptors (Lipinski definition) is 4. The molecule has 0 unspecified atom stereocenters. The number of carbonyl (C=O) groups is 2. The molecule has 1 aliphatic rings. The minimum absolute atomic E-state index is 0.0123. The first kappa shape index (κ1) is 17.0. The molecule has 2 aromatic rings. The molecule has 7 nitrogen and oxygen atoms in total. The van der Waals surface area contributed by atoms with E-state index in [9.17, 15) is 9.59 Å². The third-order valence-electron chi connectivity index (χ3n) is 4.33. The molecule has 1 fully saturated rings. The van der Waals surface area contributed by atoms with E-state index >= 15 is 0 Å². The van der Waals surface area contributed by atoms with Gasteiger partial charge in [-0.25, -0.2) is 0 Å². The Morgan fingerprint density at radius 3 is 2.72 bits per heavy atom. The Kier molecular flexibility index (Phi) is 5.33. The first-order chi connectivity index (χ1) is 12.1. The lowest BCUT2D eigenvalue weighted by Crippen LogP contribution is -2.45. The zero-order valence-corrected chi connectivity index (χ0v) is 14.0. The highest BCUT2D eigenvalue weighted by atomic mass is 16.5. The molecule has 1 aromatic carbocycles. The molecule has 0 bridgehead atoms. The number of piperidine rings is 1. The molecule has 25 heavy (non-hydrogen) atoms. The zero-order valence-electron chi connectivity index (χ0n) is 14.0. The second-order valence-corrected chi connectivity index (χ2v) is 6.16. The summed E-state index contributed by atoms with van der Waals surface area (Å²) in [4.78, 5) is 25.6. The maximum absolute atomic E-state index is 12.9. The van der Waals surface area contributed by atoms with Crippen molar-refractivity contribution in [3.63, 3.8) is 0 Å². The molecule has 7 heteroatoms. The maximum Gasteiger partial charge on any atom is 0.255 e. The van der Waals surface area contributed by atoms with Crippen LogP contribution in [0.25, 0.3) is 0 Å². The van der Waals surface area contributed by atoms with Crippen LogP contribution in [0.3, 0.4) is 0 Å². The molecule has 0 saturated carbocycles. The Balaban J connectivity index is 1.68. The van der Waals surface area contributed by atoms with E-state index in [1.807, 2.05) is 21.8 Å². The minimum Gasteiger partial charge on any atom is -0.484 e. The van der Waals surface area contributed by atoms with Crippen LogP contribution < -0.4 is 10.5 Å². The number of nitrogens with zero attached hydrogens (tertiary/aromatic N) is 3. The average molecular weight is 342 g/mol. The van der Waals surface area contributed by atoms with Gasteiger partial charge in [0.15, 0.2) is 6.61 Å². The summed E-state index contributed by atoms with van der Waals surface area (Å²) in [6.07, 6.45) is 6.78. The Morgan fingerprint density at radius 2 is 2.04 bits per heavy atom. The van der Waals surface area contributed by atoms with E-state index in [4.69, 9.17) is 10.5 Å². The molecule has 1 saturated heterocycles. The molecule has 2 heterocycles. The number of primary amides is 1. The zero-order chi connectivity index (χ0) is 17.6. The van der Waals surface area contributed by atoms with E-state index < -0.39 is 5.91 Å². The van der Waals surface area contributed by atoms with Crippen molar-refractivity contribution < 1.29 is 14.3 Å². The Morgan fingerprint density at radius 1 is 1.24 bits per heavy atom. The second kappa shape index (κ2) is 7.83. The molecule has 1 aromatic heterocycles. The van der Waals surface area contributed by atoms with Gasteiger partial charge in [-0.05, 0) is 49.6 Å². The molecule has 2 N–H and O–H groups in total. The summed E-state index contributed by atoms with van der Waals surface area (Å²) in [6.45, 7) is 1.29. The van der Waals surface area contributed by atoms with Crippen molar-refractivity contribution in [2.24, 2.45) is 5.73 Å². The number of rotatable bonds is 6. The first-order valence-corrected chi connectivity index (χ1v) is 8.43. The van der Waals surface area contributed by atoms with E-state index in [0.29, 0.717) is 17.9 Å². The summed E-state index contributed by atoms with van der Waals surface area (Å²) in [5, 5.41) is 4.25. The molecule has 1 atom stereocenters. The van der Waals surface area contributed by atoms with Crippen molar-refractivity contribution in [2.45, 2.75) is 31.8 Å². The standard InChI is InChI=1S/C18H22N4O3/c19-17(23)13-25-16-7-5-14(6-8-16)18(24)22-11-2-1-4-15(22)12-21-10-3-9-20-21/h3,5-10,15H,1-2,4,11-13H2,(H2,19,23)/t15-/m0/s1. The van der Waals surface area contributed by atoms with Gasteiger partial charge in [0.25, 0.3) is 11.8 Å². The van der Waals surface area contributed by atoms with Crippen LogP contribution in [0, 0.1) is 0 Å². The normalized spacial score (nSPS) is 17.3. The lowest BCUT2D eigenvalue weighted by Gasteiger charge is -2.35. The maximum atomic E-state index is 12.9. The van der Waals surface area contributed by atoms with E-state index in [1.54, 1.807) is 30.5 Å². The van der Waals surface area contributed by atoms with Crippen molar-refractivity contribution in [2.75, 3.05) is 13.2 Å². The monoisotopic (exact) mass is 342 g/mol. The molecule has 3 rings (SSSR count). The first-order valence-electron chi connectivity index (χ1n) is 8.43. The van der Waals surface area contributed by atoms with Gasteiger partial charge >= 0.3 is 0 Å². The summed E-state index contributed by atoms with van der Waals surface area (Å²) in [5.74, 6) is -0.00433. The number of carbonyl (C=O) groups excluding carboxylic acids is 2. The van der Waals surface area contributed by atoms with Crippen molar-refractivity contribution >= 4 is 11.8 Å². The fourth-order valence-electron chi connectivity index (χ4n) is 3.10. The van der Waals surface area contributed by atoms with E-state index in [-0.39, 0.29) is 18.6 Å². The molecule has 132 valence electrons. The quantitative estimate of drug-likeness (QED) is 0.860. The van der Waals surface area contributed by atoms with Gasteiger partial charge in [0.1, 0.15) is 5.75 Å². The molecule has 2 amide bonds. The smallest absolute Gasteiger partial charge is 0.255 e. The highest BCUT2D eigenvalue weighted by molar-refractivity contribution is 5.94. The highest BCUT2D eigenvalue weighted by Crippen LogP contribution is 2.22. The number of benzene rings is 1. The lowest BCUT2D eigenvalue weighted by molar-refractivity contribution is -0.119. The Hall–Kier alpha value is -2.83. The summed E-state index contributed by atoms with van der Waals surface area (Å²) < 4.78 is 7.10. The third kappa shape index (κ3) is 4.37. The average Bonchev–Trinajstić information content (AvgIpc) is 3.13. The van der Waals surface area contributed by atoms with Crippen molar-refractivity contribution in [3.05, 3.63) is 48.3 Å². The summed E-state index contributed by atoms with van der Waals surface area (Å²) in [5.41, 5.74) is 5.66. The van der Waals surface area contributed by atoms with Gasteiger partial charge in [-0.3, -0.25) is 14.3 Å². The number of likely N-dealkylation sites (tertiary alicyclic amines) is 1. The number of amides is 2. The Bertz CT molecular complexity index is 712. The number of hydrogen-bond donors (Lipinski definition) is 1. The van der Waals surface area contributed by atoms with Gasteiger partial charge in [-0.1, -0.05) is 0 Å². The van der Waals surface area contributed by atoms with E-state index in [1.165, 1.54) is 0 Å². The van der Waals surface area contributed by atoms with E-state index in [0.717, 1.165) is 25.8 Å². The SMILES string of the molecule is NC(=O)COc1ccc(C(=O)N2CCCC[C@H]2Cn2cccn2)cc1. The van der Waals surface area contributed by atoms with Gasteiger partial charge in [0.05, 0.1) is 12.6 Å². The second-order valence-electron chi connectivity index (χ2n) is 6.16. The van der Waals surface area contributed by atoms with Crippen LogP contribution in [-0.2, 0) is 11.3 Å². The van der Waals surface area contributed by atoms with Crippen LogP contribution in [-0.4, -0.2) is 45.7 Å². The van der Waals surface area contributed by atoms with Crippen LogP contribution >= 0.6 is 0 Å². The van der Waals surface area contributed by atoms with Crippen LogP contribution in [0.4, 0.5) is 0 Å². The topological polar surface area (TPSA) is 90.5 Å². The number of aromatic nitrogens is 2. The fraction of sp³-hybridized carbons (Fsp3) is 0.389. The lowest BCUT2D eigenvalue weighted by atomic mass is 10.0. The number of ether oxygens (including phenoxy) is 1. The van der Waals surface area contributed by atoms with Gasteiger partial charge in [-0.15, -0.1) is 0 Å². The minimum atomic E-state index is -0.532. The molecule has 0 radical (unpaired) electrons. The molecular weight excluding hydrogens is 320 g/mol. The number of nitrogens with two attached hydrogens (primary N) is 1. The largest absolute Gasteiger partial charge is 0.484 e. The van der Waals surface area contributed by atoms with Crippen molar-refractivity contribution in [1.82, 2.24) is 14.7 Å². The van der Waals surface area contributed by atoms with Gasteiger partial charge in [-0.2, -0.15) is 5.10 Å². The van der Waals surface area contributed by atoms with Crippen LogP contribution in [0.2, 0.25) is 0 Å².